The Kier molecular flexibility index (Phi) is 4.37. The fraction of sp³-hybridized carbons (Fsp3) is 0.312. The molecule has 8 heteroatoms. The van der Waals surface area contributed by atoms with Crippen molar-refractivity contribution in [3.8, 4) is 5.75 Å². The molecule has 8 nitrogen and oxygen atoms in total. The van der Waals surface area contributed by atoms with Gasteiger partial charge in [0, 0.05) is 30.4 Å². The number of nitrogens with one attached hydrogen (secondary N) is 4. The van der Waals surface area contributed by atoms with Crippen molar-refractivity contribution in [2.75, 3.05) is 11.9 Å². The van der Waals surface area contributed by atoms with Crippen LogP contribution in [-0.2, 0) is 12.8 Å². The van der Waals surface area contributed by atoms with Gasteiger partial charge >= 0.3 is 11.7 Å². The van der Waals surface area contributed by atoms with Gasteiger partial charge in [-0.25, -0.2) is 9.59 Å². The van der Waals surface area contributed by atoms with Gasteiger partial charge in [-0.2, -0.15) is 0 Å². The minimum absolute atomic E-state index is 0.152. The van der Waals surface area contributed by atoms with Gasteiger partial charge in [0.05, 0.1) is 0 Å². The predicted octanol–water partition coefficient (Wildman–Crippen LogP) is 0.751. The molecule has 1 aromatic heterocycles. The molecule has 0 bridgehead atoms. The van der Waals surface area contributed by atoms with E-state index >= 15 is 0 Å². The summed E-state index contributed by atoms with van der Waals surface area (Å²) in [5, 5.41) is 5.42. The molecule has 2 amide bonds. The van der Waals surface area contributed by atoms with Gasteiger partial charge < -0.3 is 20.4 Å². The van der Waals surface area contributed by atoms with Crippen molar-refractivity contribution in [1.29, 1.82) is 0 Å². The molecular formula is C16H18N4O4. The number of aromatic amines is 2. The third kappa shape index (κ3) is 3.65. The van der Waals surface area contributed by atoms with Crippen LogP contribution in [0.1, 0.15) is 18.1 Å². The van der Waals surface area contributed by atoms with E-state index in [0.29, 0.717) is 17.7 Å². The monoisotopic (exact) mass is 330 g/mol. The average Bonchev–Trinajstić information content (AvgIpc) is 2.89. The van der Waals surface area contributed by atoms with E-state index < -0.39 is 11.2 Å². The van der Waals surface area contributed by atoms with Gasteiger partial charge in [0.15, 0.2) is 0 Å². The second kappa shape index (κ2) is 6.61. The third-order valence-corrected chi connectivity index (χ3v) is 3.73. The Labute approximate surface area is 137 Å². The summed E-state index contributed by atoms with van der Waals surface area (Å²) in [6.45, 7) is 2.27. The number of amides is 2. The molecule has 0 unspecified atom stereocenters. The molecular weight excluding hydrogens is 312 g/mol. The number of urea groups is 1. The molecule has 0 radical (unpaired) electrons. The van der Waals surface area contributed by atoms with Crippen LogP contribution in [0.4, 0.5) is 10.5 Å². The van der Waals surface area contributed by atoms with Gasteiger partial charge in [0.1, 0.15) is 11.9 Å². The maximum absolute atomic E-state index is 11.9. The van der Waals surface area contributed by atoms with Crippen molar-refractivity contribution in [2.45, 2.75) is 25.9 Å². The number of hydrogen-bond acceptors (Lipinski definition) is 4. The summed E-state index contributed by atoms with van der Waals surface area (Å²) in [7, 11) is 0. The molecule has 0 saturated heterocycles. The van der Waals surface area contributed by atoms with E-state index in [0.717, 1.165) is 17.7 Å². The number of fused-ring (bicyclic) bond motifs is 1. The van der Waals surface area contributed by atoms with Crippen LogP contribution in [0.5, 0.6) is 5.75 Å². The Morgan fingerprint density at radius 2 is 2.21 bits per heavy atom. The average molecular weight is 330 g/mol. The molecule has 2 heterocycles. The van der Waals surface area contributed by atoms with E-state index in [1.54, 1.807) is 6.07 Å². The zero-order valence-electron chi connectivity index (χ0n) is 13.1. The molecule has 126 valence electrons. The van der Waals surface area contributed by atoms with Crippen molar-refractivity contribution in [2.24, 2.45) is 0 Å². The molecule has 1 aliphatic heterocycles. The van der Waals surface area contributed by atoms with E-state index in [1.807, 2.05) is 19.1 Å². The van der Waals surface area contributed by atoms with E-state index in [4.69, 9.17) is 4.74 Å². The summed E-state index contributed by atoms with van der Waals surface area (Å²) in [6, 6.07) is 5.16. The molecule has 1 atom stereocenters. The highest BCUT2D eigenvalue weighted by atomic mass is 16.5. The first kappa shape index (κ1) is 15.9. The number of H-pyrrole nitrogens is 2. The van der Waals surface area contributed by atoms with Gasteiger partial charge in [-0.05, 0) is 37.1 Å². The second-order valence-corrected chi connectivity index (χ2v) is 5.68. The topological polar surface area (TPSA) is 116 Å². The van der Waals surface area contributed by atoms with Gasteiger partial charge in [0.25, 0.3) is 5.56 Å². The maximum Gasteiger partial charge on any atom is 0.325 e. The summed E-state index contributed by atoms with van der Waals surface area (Å²) >= 11 is 0. The Balaban J connectivity index is 1.52. The Hall–Kier alpha value is -3.03. The highest BCUT2D eigenvalue weighted by molar-refractivity contribution is 5.89. The summed E-state index contributed by atoms with van der Waals surface area (Å²) in [4.78, 5) is 38.9. The molecule has 24 heavy (non-hydrogen) atoms. The molecule has 0 saturated carbocycles. The van der Waals surface area contributed by atoms with Crippen LogP contribution in [0.25, 0.3) is 0 Å². The Morgan fingerprint density at radius 1 is 1.38 bits per heavy atom. The van der Waals surface area contributed by atoms with Gasteiger partial charge in [0.2, 0.25) is 0 Å². The van der Waals surface area contributed by atoms with Crippen LogP contribution in [0.2, 0.25) is 0 Å². The number of rotatable bonds is 4. The largest absolute Gasteiger partial charge is 0.490 e. The number of aromatic nitrogens is 2. The van der Waals surface area contributed by atoms with Crippen LogP contribution in [-0.4, -0.2) is 28.6 Å². The minimum Gasteiger partial charge on any atom is -0.490 e. The Bertz CT molecular complexity index is 871. The van der Waals surface area contributed by atoms with Gasteiger partial charge in [-0.3, -0.25) is 9.78 Å². The third-order valence-electron chi connectivity index (χ3n) is 3.73. The number of anilines is 1. The predicted molar refractivity (Wildman–Crippen MR) is 88.6 cm³/mol. The fourth-order valence-electron chi connectivity index (χ4n) is 2.61. The van der Waals surface area contributed by atoms with E-state index in [1.165, 1.54) is 6.20 Å². The molecule has 0 fully saturated rings. The van der Waals surface area contributed by atoms with E-state index in [2.05, 4.69) is 20.6 Å². The van der Waals surface area contributed by atoms with Crippen LogP contribution in [0.15, 0.2) is 34.0 Å². The highest BCUT2D eigenvalue weighted by Crippen LogP contribution is 2.30. The lowest BCUT2D eigenvalue weighted by molar-refractivity contribution is 0.252. The summed E-state index contributed by atoms with van der Waals surface area (Å²) in [5.74, 6) is 0.853. The van der Waals surface area contributed by atoms with Crippen molar-refractivity contribution in [3.05, 3.63) is 56.4 Å². The van der Waals surface area contributed by atoms with Crippen LogP contribution < -0.4 is 26.6 Å². The zero-order valence-corrected chi connectivity index (χ0v) is 13.1. The van der Waals surface area contributed by atoms with Crippen molar-refractivity contribution in [1.82, 2.24) is 15.3 Å². The zero-order chi connectivity index (χ0) is 17.1. The van der Waals surface area contributed by atoms with Gasteiger partial charge in [-0.15, -0.1) is 0 Å². The van der Waals surface area contributed by atoms with Crippen molar-refractivity contribution < 1.29 is 9.53 Å². The molecule has 0 aliphatic carbocycles. The SMILES string of the molecule is C[C@@H]1Cc2cc(NC(=O)NCCc3c[nH]c(=O)[nH]c3=O)ccc2O1. The normalized spacial score (nSPS) is 15.5. The number of carbonyl (C=O) groups is 1. The lowest BCUT2D eigenvalue weighted by Crippen LogP contribution is -2.32. The molecule has 1 aliphatic rings. The second-order valence-electron chi connectivity index (χ2n) is 5.68. The molecule has 0 spiro atoms. The standard InChI is InChI=1S/C16H18N4O4/c1-9-6-11-7-12(2-3-13(11)24-9)19-15(22)17-5-4-10-8-18-16(23)20-14(10)21/h2-3,7-9H,4-6H2,1H3,(H2,17,19,22)(H2,18,20,21,23)/t9-/m1/s1. The molecule has 3 rings (SSSR count). The van der Waals surface area contributed by atoms with Crippen LogP contribution in [0, 0.1) is 0 Å². The number of carbonyl (C=O) groups excluding carboxylic acids is 1. The lowest BCUT2D eigenvalue weighted by atomic mass is 10.1. The summed E-state index contributed by atoms with van der Waals surface area (Å²) in [5.41, 5.74) is 1.16. The fourth-order valence-corrected chi connectivity index (χ4v) is 2.61. The molecule has 4 N–H and O–H groups in total. The van der Waals surface area contributed by atoms with Crippen molar-refractivity contribution >= 4 is 11.7 Å². The summed E-state index contributed by atoms with van der Waals surface area (Å²) < 4.78 is 5.61. The molecule has 1 aromatic carbocycles. The smallest absolute Gasteiger partial charge is 0.325 e. The molecule has 2 aromatic rings. The number of benzene rings is 1. The number of hydrogen-bond donors (Lipinski definition) is 4. The van der Waals surface area contributed by atoms with E-state index in [-0.39, 0.29) is 18.7 Å². The first-order valence-corrected chi connectivity index (χ1v) is 7.66. The Morgan fingerprint density at radius 3 is 3.00 bits per heavy atom. The quantitative estimate of drug-likeness (QED) is 0.662. The number of ether oxygens (including phenoxy) is 1. The minimum atomic E-state index is -0.552. The van der Waals surface area contributed by atoms with Crippen LogP contribution >= 0.6 is 0 Å². The van der Waals surface area contributed by atoms with E-state index in [9.17, 15) is 14.4 Å². The maximum atomic E-state index is 11.9. The van der Waals surface area contributed by atoms with Crippen LogP contribution in [0.3, 0.4) is 0 Å². The first-order valence-electron chi connectivity index (χ1n) is 7.66. The summed E-state index contributed by atoms with van der Waals surface area (Å²) in [6.07, 6.45) is 2.64. The van der Waals surface area contributed by atoms with Crippen molar-refractivity contribution in [3.63, 3.8) is 0 Å². The van der Waals surface area contributed by atoms with Gasteiger partial charge in [-0.1, -0.05) is 0 Å². The lowest BCUT2D eigenvalue weighted by Gasteiger charge is -2.08. The highest BCUT2D eigenvalue weighted by Gasteiger charge is 2.19. The first-order chi connectivity index (χ1) is 11.5.